The number of halogens is 1. The van der Waals surface area contributed by atoms with Crippen LogP contribution in [0.3, 0.4) is 0 Å². The summed E-state index contributed by atoms with van der Waals surface area (Å²) >= 11 is 3.43. The minimum atomic E-state index is 0.147. The van der Waals surface area contributed by atoms with E-state index in [-0.39, 0.29) is 5.91 Å². The van der Waals surface area contributed by atoms with Gasteiger partial charge in [-0.1, -0.05) is 28.1 Å². The standard InChI is InChI=1S/C12H12BrN3O/c13-6-8-5-11(17)16(7-8)12-14-9-3-1-2-4-10(9)15-12/h1-4,8H,5-7H2,(H,14,15). The minimum Gasteiger partial charge on any atom is -0.324 e. The van der Waals surface area contributed by atoms with Crippen LogP contribution >= 0.6 is 15.9 Å². The number of anilines is 1. The summed E-state index contributed by atoms with van der Waals surface area (Å²) in [5.41, 5.74) is 1.87. The van der Waals surface area contributed by atoms with Gasteiger partial charge in [0.25, 0.3) is 0 Å². The van der Waals surface area contributed by atoms with Gasteiger partial charge in [0.1, 0.15) is 0 Å². The van der Waals surface area contributed by atoms with Crippen molar-refractivity contribution in [3.8, 4) is 0 Å². The highest BCUT2D eigenvalue weighted by atomic mass is 79.9. The molecule has 0 aliphatic carbocycles. The number of benzene rings is 1. The molecule has 1 fully saturated rings. The molecule has 2 heterocycles. The number of nitrogens with one attached hydrogen (secondary N) is 1. The van der Waals surface area contributed by atoms with Crippen molar-refractivity contribution in [2.45, 2.75) is 6.42 Å². The van der Waals surface area contributed by atoms with Crippen LogP contribution in [-0.4, -0.2) is 27.7 Å². The van der Waals surface area contributed by atoms with Crippen LogP contribution in [0.2, 0.25) is 0 Å². The average Bonchev–Trinajstić information content (AvgIpc) is 2.91. The number of para-hydroxylation sites is 2. The predicted octanol–water partition coefficient (Wildman–Crippen LogP) is 2.31. The molecule has 1 unspecified atom stereocenters. The third-order valence-electron chi connectivity index (χ3n) is 3.06. The summed E-state index contributed by atoms with van der Waals surface area (Å²) < 4.78 is 0. The van der Waals surface area contributed by atoms with E-state index >= 15 is 0 Å². The van der Waals surface area contributed by atoms with E-state index in [9.17, 15) is 4.79 Å². The summed E-state index contributed by atoms with van der Waals surface area (Å²) in [5.74, 6) is 1.20. The summed E-state index contributed by atoms with van der Waals surface area (Å²) in [4.78, 5) is 21.2. The highest BCUT2D eigenvalue weighted by Gasteiger charge is 2.31. The number of hydrogen-bond acceptors (Lipinski definition) is 2. The zero-order valence-corrected chi connectivity index (χ0v) is 10.8. The van der Waals surface area contributed by atoms with E-state index in [0.29, 0.717) is 18.3 Å². The van der Waals surface area contributed by atoms with Crippen molar-refractivity contribution in [2.24, 2.45) is 5.92 Å². The average molecular weight is 294 g/mol. The lowest BCUT2D eigenvalue weighted by molar-refractivity contribution is -0.117. The second-order valence-corrected chi connectivity index (χ2v) is 4.95. The van der Waals surface area contributed by atoms with Crippen LogP contribution in [0.5, 0.6) is 0 Å². The molecule has 1 atom stereocenters. The number of aromatic amines is 1. The topological polar surface area (TPSA) is 49.0 Å². The number of alkyl halides is 1. The minimum absolute atomic E-state index is 0.147. The molecule has 0 saturated carbocycles. The lowest BCUT2D eigenvalue weighted by Crippen LogP contribution is -2.25. The first kappa shape index (κ1) is 10.8. The summed E-state index contributed by atoms with van der Waals surface area (Å²) in [6, 6.07) is 7.81. The molecule has 17 heavy (non-hydrogen) atoms. The zero-order valence-electron chi connectivity index (χ0n) is 9.19. The highest BCUT2D eigenvalue weighted by molar-refractivity contribution is 9.09. The molecule has 2 aromatic rings. The van der Waals surface area contributed by atoms with E-state index in [4.69, 9.17) is 0 Å². The van der Waals surface area contributed by atoms with Crippen molar-refractivity contribution in [1.82, 2.24) is 9.97 Å². The summed E-state index contributed by atoms with van der Waals surface area (Å²) in [6.45, 7) is 0.740. The molecule has 1 aliphatic heterocycles. The number of H-pyrrole nitrogens is 1. The molecule has 0 bridgehead atoms. The molecule has 4 nitrogen and oxygen atoms in total. The van der Waals surface area contributed by atoms with Crippen LogP contribution in [0.1, 0.15) is 6.42 Å². The number of rotatable bonds is 2. The molecular weight excluding hydrogens is 282 g/mol. The van der Waals surface area contributed by atoms with Gasteiger partial charge in [-0.2, -0.15) is 0 Å². The molecule has 1 N–H and O–H groups in total. The van der Waals surface area contributed by atoms with E-state index in [1.54, 1.807) is 4.90 Å². The monoisotopic (exact) mass is 293 g/mol. The van der Waals surface area contributed by atoms with Crippen LogP contribution in [0, 0.1) is 5.92 Å². The molecule has 3 rings (SSSR count). The van der Waals surface area contributed by atoms with Crippen molar-refractivity contribution in [2.75, 3.05) is 16.8 Å². The van der Waals surface area contributed by atoms with Gasteiger partial charge in [-0.15, -0.1) is 0 Å². The molecule has 1 saturated heterocycles. The Balaban J connectivity index is 1.96. The lowest BCUT2D eigenvalue weighted by atomic mass is 10.2. The summed E-state index contributed by atoms with van der Waals surface area (Å²) in [6.07, 6.45) is 0.599. The fourth-order valence-corrected chi connectivity index (χ4v) is 2.59. The van der Waals surface area contributed by atoms with Crippen LogP contribution in [0.15, 0.2) is 24.3 Å². The maximum absolute atomic E-state index is 11.9. The first-order valence-electron chi connectivity index (χ1n) is 5.59. The predicted molar refractivity (Wildman–Crippen MR) is 70.3 cm³/mol. The van der Waals surface area contributed by atoms with Gasteiger partial charge in [0.05, 0.1) is 11.0 Å². The van der Waals surface area contributed by atoms with Crippen molar-refractivity contribution in [1.29, 1.82) is 0 Å². The Labute approximate surface area is 107 Å². The zero-order chi connectivity index (χ0) is 11.8. The fraction of sp³-hybridized carbons (Fsp3) is 0.333. The second kappa shape index (κ2) is 4.14. The first-order valence-corrected chi connectivity index (χ1v) is 6.71. The molecule has 0 spiro atoms. The molecule has 1 aliphatic rings. The summed E-state index contributed by atoms with van der Waals surface area (Å²) in [7, 11) is 0. The van der Waals surface area contributed by atoms with E-state index in [1.807, 2.05) is 24.3 Å². The molecule has 1 aromatic carbocycles. The number of aromatic nitrogens is 2. The number of amides is 1. The number of carbonyl (C=O) groups is 1. The number of imidazole rings is 1. The van der Waals surface area contributed by atoms with Crippen molar-refractivity contribution in [3.05, 3.63) is 24.3 Å². The van der Waals surface area contributed by atoms with Gasteiger partial charge in [-0.25, -0.2) is 4.98 Å². The van der Waals surface area contributed by atoms with Gasteiger partial charge in [0.2, 0.25) is 11.9 Å². The Morgan fingerprint density at radius 2 is 2.29 bits per heavy atom. The van der Waals surface area contributed by atoms with Crippen LogP contribution in [-0.2, 0) is 4.79 Å². The largest absolute Gasteiger partial charge is 0.324 e. The molecule has 5 heteroatoms. The van der Waals surface area contributed by atoms with Crippen molar-refractivity contribution >= 4 is 38.8 Å². The lowest BCUT2D eigenvalue weighted by Gasteiger charge is -2.11. The molecule has 0 radical (unpaired) electrons. The smallest absolute Gasteiger partial charge is 0.229 e. The summed E-state index contributed by atoms with van der Waals surface area (Å²) in [5, 5.41) is 0.857. The Bertz CT molecular complexity index is 533. The third-order valence-corrected chi connectivity index (χ3v) is 3.97. The van der Waals surface area contributed by atoms with Gasteiger partial charge in [-0.05, 0) is 18.1 Å². The molecule has 88 valence electrons. The number of nitrogens with zero attached hydrogens (tertiary/aromatic N) is 2. The van der Waals surface area contributed by atoms with Crippen molar-refractivity contribution < 1.29 is 4.79 Å². The Hall–Kier alpha value is -1.36. The van der Waals surface area contributed by atoms with E-state index in [2.05, 4.69) is 25.9 Å². The molecule has 1 aromatic heterocycles. The van der Waals surface area contributed by atoms with E-state index in [0.717, 1.165) is 22.9 Å². The second-order valence-electron chi connectivity index (χ2n) is 4.31. The Kier molecular flexibility index (Phi) is 2.63. The maximum Gasteiger partial charge on any atom is 0.229 e. The Morgan fingerprint density at radius 3 is 3.00 bits per heavy atom. The van der Waals surface area contributed by atoms with Gasteiger partial charge in [0.15, 0.2) is 0 Å². The normalized spacial score (nSPS) is 20.4. The van der Waals surface area contributed by atoms with Gasteiger partial charge >= 0.3 is 0 Å². The molecule has 1 amide bonds. The van der Waals surface area contributed by atoms with Crippen molar-refractivity contribution in [3.63, 3.8) is 0 Å². The first-order chi connectivity index (χ1) is 8.28. The van der Waals surface area contributed by atoms with E-state index < -0.39 is 0 Å². The van der Waals surface area contributed by atoms with Crippen LogP contribution in [0.4, 0.5) is 5.95 Å². The van der Waals surface area contributed by atoms with Gasteiger partial charge in [-0.3, -0.25) is 9.69 Å². The number of fused-ring (bicyclic) bond motifs is 1. The van der Waals surface area contributed by atoms with Crippen LogP contribution in [0.25, 0.3) is 11.0 Å². The fourth-order valence-electron chi connectivity index (χ4n) is 2.16. The number of hydrogen-bond donors (Lipinski definition) is 1. The highest BCUT2D eigenvalue weighted by Crippen LogP contribution is 2.25. The quantitative estimate of drug-likeness (QED) is 0.864. The molecular formula is C12H12BrN3O. The van der Waals surface area contributed by atoms with Crippen LogP contribution < -0.4 is 4.90 Å². The SMILES string of the molecule is O=C1CC(CBr)CN1c1nc2ccccc2[nH]1. The maximum atomic E-state index is 11.9. The van der Waals surface area contributed by atoms with Gasteiger partial charge in [0, 0.05) is 18.3 Å². The van der Waals surface area contributed by atoms with Gasteiger partial charge < -0.3 is 4.98 Å². The third kappa shape index (κ3) is 1.84. The Morgan fingerprint density at radius 1 is 1.47 bits per heavy atom. The van der Waals surface area contributed by atoms with E-state index in [1.165, 1.54) is 0 Å². The number of carbonyl (C=O) groups excluding carboxylic acids is 1.